The summed E-state index contributed by atoms with van der Waals surface area (Å²) >= 11 is 0. The second-order valence-electron chi connectivity index (χ2n) is 16.1. The van der Waals surface area contributed by atoms with Crippen molar-refractivity contribution in [3.63, 3.8) is 0 Å². The van der Waals surface area contributed by atoms with Gasteiger partial charge in [0.1, 0.15) is 0 Å². The lowest BCUT2D eigenvalue weighted by Gasteiger charge is -2.47. The molecule has 1 saturated carbocycles. The van der Waals surface area contributed by atoms with Crippen LogP contribution in [-0.4, -0.2) is 109 Å². The SMILES string of the molecule is c1ccc(C[C@H]2CNCCN2CC2CCCN2C[C@H](Cc2ccccc2)N2CCN(CC3(c4ccccc4)CC3)[C@@H](Cc3ccccc3)C2)cc1. The van der Waals surface area contributed by atoms with E-state index in [1.807, 2.05) is 0 Å². The Morgan fingerprint density at radius 1 is 0.608 bits per heavy atom. The van der Waals surface area contributed by atoms with Crippen LogP contribution in [0.2, 0.25) is 0 Å². The van der Waals surface area contributed by atoms with Gasteiger partial charge in [0.25, 0.3) is 0 Å². The van der Waals surface area contributed by atoms with Crippen molar-refractivity contribution in [1.29, 1.82) is 0 Å². The highest BCUT2D eigenvalue weighted by Gasteiger charge is 2.47. The normalized spacial score (nSPS) is 25.1. The standard InChI is InChI=1S/C46H59N5/c1-5-14-38(15-6-1)30-43-33-47-25-27-49(43)34-42-22-13-26-48(42)35-44(31-39-16-7-2-8-17-39)50-28-29-51(45(36-50)32-40-18-9-3-10-19-40)37-46(23-24-46)41-20-11-4-12-21-41/h1-12,14-21,42-45,47H,13,22-37H2/t42?,43-,44-,45-/m0/s1. The highest BCUT2D eigenvalue weighted by Crippen LogP contribution is 2.49. The molecule has 1 N–H and O–H groups in total. The van der Waals surface area contributed by atoms with Gasteiger partial charge in [-0.15, -0.1) is 0 Å². The summed E-state index contributed by atoms with van der Waals surface area (Å²) in [5.41, 5.74) is 6.30. The van der Waals surface area contributed by atoms with E-state index < -0.39 is 0 Å². The van der Waals surface area contributed by atoms with Crippen molar-refractivity contribution in [2.75, 3.05) is 65.4 Å². The maximum Gasteiger partial charge on any atom is 0.0264 e. The molecule has 0 aromatic heterocycles. The smallest absolute Gasteiger partial charge is 0.0264 e. The van der Waals surface area contributed by atoms with Gasteiger partial charge < -0.3 is 5.32 Å². The number of likely N-dealkylation sites (tertiary alicyclic amines) is 1. The average molecular weight is 682 g/mol. The third-order valence-corrected chi connectivity index (χ3v) is 12.7. The van der Waals surface area contributed by atoms with E-state index in [0.717, 1.165) is 58.5 Å². The van der Waals surface area contributed by atoms with E-state index >= 15 is 0 Å². The van der Waals surface area contributed by atoms with E-state index in [-0.39, 0.29) is 0 Å². The van der Waals surface area contributed by atoms with Crippen molar-refractivity contribution in [1.82, 2.24) is 24.9 Å². The minimum Gasteiger partial charge on any atom is -0.314 e. The van der Waals surface area contributed by atoms with Crippen LogP contribution in [0.15, 0.2) is 121 Å². The summed E-state index contributed by atoms with van der Waals surface area (Å²) in [4.78, 5) is 11.5. The van der Waals surface area contributed by atoms with Crippen LogP contribution >= 0.6 is 0 Å². The van der Waals surface area contributed by atoms with Crippen LogP contribution in [0.25, 0.3) is 0 Å². The molecular formula is C46H59N5. The zero-order valence-corrected chi connectivity index (χ0v) is 30.7. The summed E-state index contributed by atoms with van der Waals surface area (Å²) in [6.07, 6.45) is 8.67. The molecule has 0 amide bonds. The number of hydrogen-bond donors (Lipinski definition) is 1. The number of nitrogens with zero attached hydrogens (tertiary/aromatic N) is 4. The first-order valence-electron chi connectivity index (χ1n) is 20.0. The fourth-order valence-electron chi connectivity index (χ4n) is 9.62. The van der Waals surface area contributed by atoms with Crippen LogP contribution in [0.4, 0.5) is 0 Å². The van der Waals surface area contributed by atoms with Gasteiger partial charge in [0.15, 0.2) is 0 Å². The predicted molar refractivity (Wildman–Crippen MR) is 211 cm³/mol. The molecule has 5 nitrogen and oxygen atoms in total. The molecule has 1 aliphatic carbocycles. The van der Waals surface area contributed by atoms with E-state index in [1.165, 1.54) is 68.6 Å². The van der Waals surface area contributed by atoms with Crippen molar-refractivity contribution in [3.05, 3.63) is 144 Å². The third kappa shape index (κ3) is 8.84. The summed E-state index contributed by atoms with van der Waals surface area (Å²) in [7, 11) is 0. The predicted octanol–water partition coefficient (Wildman–Crippen LogP) is 6.54. The Bertz CT molecular complexity index is 1610. The fourth-order valence-corrected chi connectivity index (χ4v) is 9.62. The van der Waals surface area contributed by atoms with Gasteiger partial charge in [0.05, 0.1) is 0 Å². The largest absolute Gasteiger partial charge is 0.314 e. The number of piperazine rings is 2. The van der Waals surface area contributed by atoms with Crippen LogP contribution in [-0.2, 0) is 24.7 Å². The van der Waals surface area contributed by atoms with E-state index in [4.69, 9.17) is 0 Å². The Balaban J connectivity index is 0.993. The monoisotopic (exact) mass is 681 g/mol. The van der Waals surface area contributed by atoms with Gasteiger partial charge >= 0.3 is 0 Å². The highest BCUT2D eigenvalue weighted by atomic mass is 15.3. The van der Waals surface area contributed by atoms with E-state index in [2.05, 4.69) is 146 Å². The van der Waals surface area contributed by atoms with Crippen LogP contribution in [0, 0.1) is 0 Å². The van der Waals surface area contributed by atoms with Crippen molar-refractivity contribution in [3.8, 4) is 0 Å². The maximum atomic E-state index is 3.71. The second kappa shape index (κ2) is 16.6. The molecule has 3 aliphatic heterocycles. The van der Waals surface area contributed by atoms with Crippen molar-refractivity contribution in [2.24, 2.45) is 0 Å². The molecule has 1 unspecified atom stereocenters. The quantitative estimate of drug-likeness (QED) is 0.163. The summed E-state index contributed by atoms with van der Waals surface area (Å²) in [6, 6.07) is 47.4. The molecule has 3 saturated heterocycles. The first-order chi connectivity index (χ1) is 25.2. The number of nitrogens with one attached hydrogen (secondary N) is 1. The van der Waals surface area contributed by atoms with Gasteiger partial charge in [-0.2, -0.15) is 0 Å². The molecule has 4 aromatic rings. The molecule has 4 aromatic carbocycles. The minimum absolute atomic E-state index is 0.340. The van der Waals surface area contributed by atoms with E-state index in [0.29, 0.717) is 29.6 Å². The summed E-state index contributed by atoms with van der Waals surface area (Å²) in [5, 5.41) is 3.71. The Morgan fingerprint density at radius 2 is 1.24 bits per heavy atom. The number of benzene rings is 4. The van der Waals surface area contributed by atoms with Gasteiger partial charge in [-0.1, -0.05) is 121 Å². The van der Waals surface area contributed by atoms with E-state index in [1.54, 1.807) is 5.56 Å². The number of hydrogen-bond acceptors (Lipinski definition) is 5. The second-order valence-corrected chi connectivity index (χ2v) is 16.1. The van der Waals surface area contributed by atoms with Crippen molar-refractivity contribution < 1.29 is 0 Å². The molecule has 0 spiro atoms. The Hall–Kier alpha value is -3.32. The first kappa shape index (κ1) is 34.7. The van der Waals surface area contributed by atoms with E-state index in [9.17, 15) is 0 Å². The molecule has 4 aliphatic rings. The van der Waals surface area contributed by atoms with Gasteiger partial charge in [-0.25, -0.2) is 0 Å². The third-order valence-electron chi connectivity index (χ3n) is 12.7. The van der Waals surface area contributed by atoms with Gasteiger partial charge in [0, 0.05) is 88.5 Å². The molecule has 5 heteroatoms. The lowest BCUT2D eigenvalue weighted by Crippen LogP contribution is -2.60. The first-order valence-corrected chi connectivity index (χ1v) is 20.0. The maximum absolute atomic E-state index is 3.71. The Morgan fingerprint density at radius 3 is 1.90 bits per heavy atom. The van der Waals surface area contributed by atoms with Crippen LogP contribution in [0.5, 0.6) is 0 Å². The summed E-state index contributed by atoms with van der Waals surface area (Å²) in [5.74, 6) is 0. The van der Waals surface area contributed by atoms with Crippen LogP contribution < -0.4 is 5.32 Å². The Labute approximate surface area is 307 Å². The lowest BCUT2D eigenvalue weighted by atomic mass is 9.92. The van der Waals surface area contributed by atoms with Gasteiger partial charge in [0.2, 0.25) is 0 Å². The summed E-state index contributed by atoms with van der Waals surface area (Å²) < 4.78 is 0. The summed E-state index contributed by atoms with van der Waals surface area (Å²) in [6.45, 7) is 11.6. The van der Waals surface area contributed by atoms with Crippen LogP contribution in [0.3, 0.4) is 0 Å². The molecule has 4 atom stereocenters. The minimum atomic E-state index is 0.340. The van der Waals surface area contributed by atoms with Crippen molar-refractivity contribution >= 4 is 0 Å². The fraction of sp³-hybridized carbons (Fsp3) is 0.478. The zero-order valence-electron chi connectivity index (χ0n) is 30.7. The Kier molecular flexibility index (Phi) is 11.3. The molecule has 3 heterocycles. The molecule has 0 radical (unpaired) electrons. The van der Waals surface area contributed by atoms with Crippen molar-refractivity contribution in [2.45, 2.75) is 74.5 Å². The molecule has 51 heavy (non-hydrogen) atoms. The molecule has 268 valence electrons. The molecular weight excluding hydrogens is 623 g/mol. The lowest BCUT2D eigenvalue weighted by molar-refractivity contribution is 0.0252. The highest BCUT2D eigenvalue weighted by molar-refractivity contribution is 5.32. The topological polar surface area (TPSA) is 25.0 Å². The van der Waals surface area contributed by atoms with Gasteiger partial charge in [-0.05, 0) is 73.7 Å². The molecule has 8 rings (SSSR count). The zero-order chi connectivity index (χ0) is 34.3. The van der Waals surface area contributed by atoms with Gasteiger partial charge in [-0.3, -0.25) is 19.6 Å². The number of rotatable bonds is 14. The average Bonchev–Trinajstić information content (AvgIpc) is 3.84. The molecule has 4 fully saturated rings. The molecule has 0 bridgehead atoms. The van der Waals surface area contributed by atoms with Crippen LogP contribution in [0.1, 0.15) is 47.9 Å².